The van der Waals surface area contributed by atoms with E-state index in [0.29, 0.717) is 11.4 Å². The monoisotopic (exact) mass is 537 g/mol. The van der Waals surface area contributed by atoms with Gasteiger partial charge in [0.2, 0.25) is 21.8 Å². The minimum Gasteiger partial charge on any atom is -0.497 e. The van der Waals surface area contributed by atoms with Crippen molar-refractivity contribution in [3.63, 3.8) is 0 Å². The van der Waals surface area contributed by atoms with Crippen LogP contribution in [0.2, 0.25) is 0 Å². The third-order valence-electron chi connectivity index (χ3n) is 6.46. The van der Waals surface area contributed by atoms with Crippen molar-refractivity contribution in [2.75, 3.05) is 31.3 Å². The Bertz CT molecular complexity index is 1380. The number of benzene rings is 3. The van der Waals surface area contributed by atoms with Gasteiger partial charge in [0.15, 0.2) is 0 Å². The maximum atomic E-state index is 13.9. The van der Waals surface area contributed by atoms with Crippen molar-refractivity contribution in [3.8, 4) is 5.75 Å². The number of aryl methyl sites for hydroxylation is 2. The van der Waals surface area contributed by atoms with Gasteiger partial charge in [-0.05, 0) is 60.4 Å². The molecule has 2 amide bonds. The summed E-state index contributed by atoms with van der Waals surface area (Å²) >= 11 is 0. The smallest absolute Gasteiger partial charge is 0.244 e. The van der Waals surface area contributed by atoms with E-state index in [9.17, 15) is 18.0 Å². The summed E-state index contributed by atoms with van der Waals surface area (Å²) in [6, 6.07) is 21.0. The zero-order valence-electron chi connectivity index (χ0n) is 22.5. The molecule has 9 heteroatoms. The number of hydrogen-bond donors (Lipinski definition) is 1. The third-order valence-corrected chi connectivity index (χ3v) is 7.60. The van der Waals surface area contributed by atoms with Crippen molar-refractivity contribution in [3.05, 3.63) is 95.1 Å². The predicted octanol–water partition coefficient (Wildman–Crippen LogP) is 3.46. The van der Waals surface area contributed by atoms with Gasteiger partial charge in [-0.2, -0.15) is 0 Å². The molecular formula is C29H35N3O5S. The number of sulfonamides is 1. The summed E-state index contributed by atoms with van der Waals surface area (Å²) in [4.78, 5) is 28.5. The van der Waals surface area contributed by atoms with E-state index in [1.807, 2.05) is 56.3 Å². The summed E-state index contributed by atoms with van der Waals surface area (Å²) in [7, 11) is -0.731. The Morgan fingerprint density at radius 3 is 2.21 bits per heavy atom. The molecular weight excluding hydrogens is 502 g/mol. The van der Waals surface area contributed by atoms with E-state index >= 15 is 0 Å². The molecule has 0 radical (unpaired) electrons. The number of methoxy groups -OCH3 is 1. The molecule has 0 aliphatic carbocycles. The van der Waals surface area contributed by atoms with Crippen LogP contribution in [0.3, 0.4) is 0 Å². The maximum Gasteiger partial charge on any atom is 0.244 e. The lowest BCUT2D eigenvalue weighted by Gasteiger charge is -2.33. The molecule has 0 aliphatic heterocycles. The van der Waals surface area contributed by atoms with Crippen LogP contribution in [0.15, 0.2) is 72.8 Å². The number of ether oxygens (including phenoxy) is 1. The Kier molecular flexibility index (Phi) is 9.52. The van der Waals surface area contributed by atoms with Crippen LogP contribution >= 0.6 is 0 Å². The van der Waals surface area contributed by atoms with E-state index in [2.05, 4.69) is 5.32 Å². The molecule has 3 aromatic carbocycles. The Hall–Kier alpha value is -3.85. The van der Waals surface area contributed by atoms with Gasteiger partial charge in [0, 0.05) is 20.0 Å². The van der Waals surface area contributed by atoms with Crippen LogP contribution in [0.5, 0.6) is 5.75 Å². The number of nitrogens with one attached hydrogen (secondary N) is 1. The van der Waals surface area contributed by atoms with E-state index in [0.717, 1.165) is 32.8 Å². The molecule has 0 aromatic heterocycles. The summed E-state index contributed by atoms with van der Waals surface area (Å²) in [6.45, 7) is 3.46. The van der Waals surface area contributed by atoms with Crippen LogP contribution in [0.4, 0.5) is 5.69 Å². The molecule has 3 rings (SSSR count). The number of rotatable bonds is 11. The number of amides is 2. The van der Waals surface area contributed by atoms with Gasteiger partial charge in [-0.25, -0.2) is 8.42 Å². The van der Waals surface area contributed by atoms with Crippen molar-refractivity contribution in [1.82, 2.24) is 10.2 Å². The van der Waals surface area contributed by atoms with E-state index in [4.69, 9.17) is 4.74 Å². The maximum absolute atomic E-state index is 13.9. The summed E-state index contributed by atoms with van der Waals surface area (Å²) < 4.78 is 32.1. The van der Waals surface area contributed by atoms with Gasteiger partial charge in [-0.15, -0.1) is 0 Å². The molecule has 38 heavy (non-hydrogen) atoms. The van der Waals surface area contributed by atoms with Gasteiger partial charge < -0.3 is 15.0 Å². The highest BCUT2D eigenvalue weighted by molar-refractivity contribution is 7.92. The second-order valence-corrected chi connectivity index (χ2v) is 11.1. The summed E-state index contributed by atoms with van der Waals surface area (Å²) in [5.41, 5.74) is 3.93. The number of likely N-dealkylation sites (N-methyl/N-ethyl adjacent to an activating group) is 1. The lowest BCUT2D eigenvalue weighted by atomic mass is 10.0. The molecule has 0 bridgehead atoms. The fourth-order valence-corrected chi connectivity index (χ4v) is 5.02. The highest BCUT2D eigenvalue weighted by atomic mass is 32.2. The fourth-order valence-electron chi connectivity index (χ4n) is 4.18. The summed E-state index contributed by atoms with van der Waals surface area (Å²) in [5.74, 6) is -0.231. The first-order valence-electron chi connectivity index (χ1n) is 12.3. The first-order valence-corrected chi connectivity index (χ1v) is 14.1. The Morgan fingerprint density at radius 1 is 0.921 bits per heavy atom. The summed E-state index contributed by atoms with van der Waals surface area (Å²) in [5, 5.41) is 2.67. The number of anilines is 1. The first kappa shape index (κ1) is 28.7. The second kappa shape index (κ2) is 12.6. The normalized spacial score (nSPS) is 11.9. The van der Waals surface area contributed by atoms with E-state index in [1.165, 1.54) is 11.9 Å². The molecule has 0 fully saturated rings. The van der Waals surface area contributed by atoms with Crippen molar-refractivity contribution < 1.29 is 22.7 Å². The molecule has 1 N–H and O–H groups in total. The SMILES string of the molecule is CNC(=O)C(Cc1ccccc1)N(Cc1cccc(OC)c1)C(=O)CN(c1ccc(C)c(C)c1)S(C)(=O)=O. The van der Waals surface area contributed by atoms with Crippen LogP contribution in [-0.2, 0) is 32.6 Å². The van der Waals surface area contributed by atoms with Crippen LogP contribution in [0, 0.1) is 13.8 Å². The highest BCUT2D eigenvalue weighted by Gasteiger charge is 2.32. The molecule has 1 atom stereocenters. The molecule has 0 saturated heterocycles. The quantitative estimate of drug-likeness (QED) is 0.404. The minimum absolute atomic E-state index is 0.0888. The van der Waals surface area contributed by atoms with E-state index in [-0.39, 0.29) is 18.9 Å². The Labute approximate surface area is 225 Å². The van der Waals surface area contributed by atoms with Crippen LogP contribution < -0.4 is 14.4 Å². The van der Waals surface area contributed by atoms with Crippen molar-refractivity contribution >= 4 is 27.5 Å². The van der Waals surface area contributed by atoms with Crippen molar-refractivity contribution in [2.24, 2.45) is 0 Å². The molecule has 3 aromatic rings. The number of nitrogens with zero attached hydrogens (tertiary/aromatic N) is 2. The van der Waals surface area contributed by atoms with Gasteiger partial charge in [-0.1, -0.05) is 48.5 Å². The van der Waals surface area contributed by atoms with Gasteiger partial charge in [0.25, 0.3) is 0 Å². The topological polar surface area (TPSA) is 96.0 Å². The second-order valence-electron chi connectivity index (χ2n) is 9.23. The van der Waals surface area contributed by atoms with E-state index < -0.39 is 28.5 Å². The van der Waals surface area contributed by atoms with E-state index in [1.54, 1.807) is 37.4 Å². The molecule has 8 nitrogen and oxygen atoms in total. The van der Waals surface area contributed by atoms with Crippen molar-refractivity contribution in [2.45, 2.75) is 32.9 Å². The predicted molar refractivity (Wildman–Crippen MR) is 150 cm³/mol. The van der Waals surface area contributed by atoms with Crippen LogP contribution in [0.25, 0.3) is 0 Å². The fraction of sp³-hybridized carbons (Fsp3) is 0.310. The summed E-state index contributed by atoms with van der Waals surface area (Å²) in [6.07, 6.45) is 1.33. The average Bonchev–Trinajstić information content (AvgIpc) is 2.90. The third kappa shape index (κ3) is 7.35. The molecule has 0 saturated carbocycles. The van der Waals surface area contributed by atoms with Gasteiger partial charge in [0.05, 0.1) is 19.1 Å². The minimum atomic E-state index is -3.80. The Morgan fingerprint density at radius 2 is 1.61 bits per heavy atom. The van der Waals surface area contributed by atoms with Crippen LogP contribution in [0.1, 0.15) is 22.3 Å². The van der Waals surface area contributed by atoms with Gasteiger partial charge >= 0.3 is 0 Å². The zero-order chi connectivity index (χ0) is 27.9. The average molecular weight is 538 g/mol. The number of hydrogen-bond acceptors (Lipinski definition) is 5. The Balaban J connectivity index is 2.04. The molecule has 0 spiro atoms. The van der Waals surface area contributed by atoms with Crippen LogP contribution in [-0.4, -0.2) is 58.1 Å². The molecule has 1 unspecified atom stereocenters. The van der Waals surface area contributed by atoms with Gasteiger partial charge in [0.1, 0.15) is 18.3 Å². The molecule has 0 aliphatic rings. The van der Waals surface area contributed by atoms with Crippen molar-refractivity contribution in [1.29, 1.82) is 0 Å². The zero-order valence-corrected chi connectivity index (χ0v) is 23.3. The van der Waals surface area contributed by atoms with Gasteiger partial charge in [-0.3, -0.25) is 13.9 Å². The molecule has 202 valence electrons. The lowest BCUT2D eigenvalue weighted by molar-refractivity contribution is -0.139. The standard InChI is InChI=1S/C29H35N3O5S/c1-21-14-15-25(16-22(21)2)32(38(5,35)36)20-28(33)31(19-24-12-9-13-26(17-24)37-4)27(29(34)30-3)18-23-10-7-6-8-11-23/h6-17,27H,18-20H2,1-5H3,(H,30,34). The number of carbonyl (C=O) groups excluding carboxylic acids is 2. The highest BCUT2D eigenvalue weighted by Crippen LogP contribution is 2.23. The number of carbonyl (C=O) groups is 2. The lowest BCUT2D eigenvalue weighted by Crippen LogP contribution is -2.52. The first-order chi connectivity index (χ1) is 18.0. The molecule has 0 heterocycles. The largest absolute Gasteiger partial charge is 0.497 e.